The molecule has 0 aliphatic heterocycles. The number of carbonyl (C=O) groups excluding carboxylic acids is 2. The zero-order chi connectivity index (χ0) is 23.1. The maximum atomic E-state index is 14.3. The van der Waals surface area contributed by atoms with Gasteiger partial charge in [0.1, 0.15) is 17.3 Å². The van der Waals surface area contributed by atoms with Crippen LogP contribution in [0.5, 0.6) is 11.6 Å². The minimum atomic E-state index is -0.641. The smallest absolute Gasteiger partial charge is 0.274 e. The molecule has 3 aromatic heterocycles. The number of rotatable bonds is 6. The number of carbonyl (C=O) groups is 2. The molecular weight excluding hydrogens is 453 g/mol. The van der Waals surface area contributed by atoms with E-state index < -0.39 is 11.7 Å². The number of imidazole rings is 1. The Morgan fingerprint density at radius 2 is 1.97 bits per heavy atom. The molecule has 1 aliphatic rings. The predicted octanol–water partition coefficient (Wildman–Crippen LogP) is 3.65. The number of hydrogen-bond acceptors (Lipinski definition) is 6. The van der Waals surface area contributed by atoms with Gasteiger partial charge in [0.05, 0.1) is 11.9 Å². The van der Waals surface area contributed by atoms with E-state index in [4.69, 9.17) is 16.3 Å². The van der Waals surface area contributed by atoms with Crippen LogP contribution >= 0.6 is 11.6 Å². The first-order valence-corrected chi connectivity index (χ1v) is 10.4. The monoisotopic (exact) mass is 469 g/mol. The Balaban J connectivity index is 1.32. The second kappa shape index (κ2) is 8.17. The maximum absolute atomic E-state index is 14.3. The van der Waals surface area contributed by atoms with Gasteiger partial charge in [-0.2, -0.15) is 5.10 Å². The van der Waals surface area contributed by atoms with Gasteiger partial charge in [-0.3, -0.25) is 14.3 Å². The van der Waals surface area contributed by atoms with Gasteiger partial charge in [0, 0.05) is 31.2 Å². The van der Waals surface area contributed by atoms with Gasteiger partial charge >= 0.3 is 0 Å². The second-order valence-electron chi connectivity index (χ2n) is 7.54. The molecule has 2 N–H and O–H groups in total. The van der Waals surface area contributed by atoms with Crippen molar-refractivity contribution in [2.24, 2.45) is 13.0 Å². The minimum absolute atomic E-state index is 0.0517. The highest BCUT2D eigenvalue weighted by Gasteiger charge is 2.30. The third kappa shape index (κ3) is 4.48. The van der Waals surface area contributed by atoms with Crippen molar-refractivity contribution >= 4 is 40.6 Å². The summed E-state index contributed by atoms with van der Waals surface area (Å²) >= 11 is 5.80. The molecule has 4 aromatic rings. The number of halogens is 2. The average molecular weight is 470 g/mol. The molecule has 33 heavy (non-hydrogen) atoms. The first-order chi connectivity index (χ1) is 15.9. The molecule has 168 valence electrons. The van der Waals surface area contributed by atoms with Gasteiger partial charge in [0.2, 0.25) is 11.8 Å². The first kappa shape index (κ1) is 20.9. The summed E-state index contributed by atoms with van der Waals surface area (Å²) in [5.74, 6) is -0.344. The average Bonchev–Trinajstić information content (AvgIpc) is 3.46. The van der Waals surface area contributed by atoms with Crippen molar-refractivity contribution in [3.8, 4) is 11.6 Å². The summed E-state index contributed by atoms with van der Waals surface area (Å²) in [6.45, 7) is 0. The zero-order valence-electron chi connectivity index (χ0n) is 17.2. The van der Waals surface area contributed by atoms with Crippen LogP contribution in [0.2, 0.25) is 5.15 Å². The molecule has 0 bridgehead atoms. The largest absolute Gasteiger partial charge is 0.438 e. The molecule has 0 saturated heterocycles. The van der Waals surface area contributed by atoms with Gasteiger partial charge in [-0.15, -0.1) is 5.10 Å². The van der Waals surface area contributed by atoms with Gasteiger partial charge in [-0.1, -0.05) is 11.6 Å². The Hall–Kier alpha value is -3.99. The number of benzene rings is 1. The van der Waals surface area contributed by atoms with E-state index in [1.54, 1.807) is 25.4 Å². The zero-order valence-corrected chi connectivity index (χ0v) is 18.0. The number of aryl methyl sites for hydroxylation is 1. The Bertz CT molecular complexity index is 1400. The van der Waals surface area contributed by atoms with Crippen LogP contribution in [0.4, 0.5) is 15.9 Å². The number of hydrogen-bond donors (Lipinski definition) is 2. The first-order valence-electron chi connectivity index (χ1n) is 10.0. The van der Waals surface area contributed by atoms with E-state index in [9.17, 15) is 14.0 Å². The van der Waals surface area contributed by atoms with Crippen molar-refractivity contribution in [1.82, 2.24) is 24.4 Å². The minimum Gasteiger partial charge on any atom is -0.438 e. The summed E-state index contributed by atoms with van der Waals surface area (Å²) in [6.07, 6.45) is 3.37. The maximum Gasteiger partial charge on any atom is 0.274 e. The highest BCUT2D eigenvalue weighted by molar-refractivity contribution is 6.29. The van der Waals surface area contributed by atoms with E-state index in [0.717, 1.165) is 12.8 Å². The molecule has 5 rings (SSSR count). The number of aromatic nitrogens is 5. The van der Waals surface area contributed by atoms with Crippen LogP contribution in [-0.4, -0.2) is 36.2 Å². The third-order valence-corrected chi connectivity index (χ3v) is 5.17. The van der Waals surface area contributed by atoms with Crippen molar-refractivity contribution in [1.29, 1.82) is 0 Å². The van der Waals surface area contributed by atoms with Crippen LogP contribution in [0.1, 0.15) is 23.3 Å². The Morgan fingerprint density at radius 3 is 2.70 bits per heavy atom. The fraction of sp³-hybridized carbons (Fsp3) is 0.190. The fourth-order valence-electron chi connectivity index (χ4n) is 3.17. The predicted molar refractivity (Wildman–Crippen MR) is 117 cm³/mol. The molecule has 3 heterocycles. The van der Waals surface area contributed by atoms with Crippen LogP contribution in [0.3, 0.4) is 0 Å². The van der Waals surface area contributed by atoms with Crippen LogP contribution in [-0.2, 0) is 11.8 Å². The number of fused-ring (bicyclic) bond motifs is 1. The van der Waals surface area contributed by atoms with Crippen molar-refractivity contribution in [2.45, 2.75) is 12.8 Å². The van der Waals surface area contributed by atoms with Gasteiger partial charge in [0.15, 0.2) is 16.6 Å². The van der Waals surface area contributed by atoms with E-state index in [-0.39, 0.29) is 40.0 Å². The van der Waals surface area contributed by atoms with Crippen LogP contribution < -0.4 is 15.4 Å². The van der Waals surface area contributed by atoms with E-state index in [1.165, 1.54) is 33.5 Å². The number of amides is 2. The Labute approximate surface area is 191 Å². The highest BCUT2D eigenvalue weighted by atomic mass is 35.5. The standard InChI is InChI=1S/C21H17ClFN7O3/c1-29-15(9-16(22)27-29)21(32)24-14-8-12(4-5-13(14)23)33-19-7-6-18-25-17(10-30(18)28-19)26-20(31)11-2-3-11/h4-11H,2-3H2,1H3,(H,24,32)(H,26,31). The molecule has 0 radical (unpaired) electrons. The summed E-state index contributed by atoms with van der Waals surface area (Å²) < 4.78 is 22.8. The van der Waals surface area contributed by atoms with E-state index in [1.807, 2.05) is 0 Å². The summed E-state index contributed by atoms with van der Waals surface area (Å²) in [5.41, 5.74) is 0.612. The quantitative estimate of drug-likeness (QED) is 0.445. The lowest BCUT2D eigenvalue weighted by molar-refractivity contribution is -0.117. The third-order valence-electron chi connectivity index (χ3n) is 4.99. The SMILES string of the molecule is Cn1nc(Cl)cc1C(=O)Nc1cc(Oc2ccc3nc(NC(=O)C4CC4)cn3n2)ccc1F. The Kier molecular flexibility index (Phi) is 5.17. The summed E-state index contributed by atoms with van der Waals surface area (Å²) in [6, 6.07) is 8.56. The van der Waals surface area contributed by atoms with Gasteiger partial charge in [-0.25, -0.2) is 13.9 Å². The lowest BCUT2D eigenvalue weighted by Gasteiger charge is -2.10. The van der Waals surface area contributed by atoms with Gasteiger partial charge in [0.25, 0.3) is 5.91 Å². The molecule has 2 amide bonds. The molecular formula is C21H17ClFN7O3. The molecule has 0 spiro atoms. The Morgan fingerprint density at radius 1 is 1.15 bits per heavy atom. The molecule has 0 atom stereocenters. The summed E-state index contributed by atoms with van der Waals surface area (Å²) in [4.78, 5) is 28.7. The molecule has 1 aromatic carbocycles. The van der Waals surface area contributed by atoms with Gasteiger partial charge in [-0.05, 0) is 31.0 Å². The van der Waals surface area contributed by atoms with Crippen LogP contribution in [0.25, 0.3) is 5.65 Å². The van der Waals surface area contributed by atoms with E-state index in [0.29, 0.717) is 11.5 Å². The lowest BCUT2D eigenvalue weighted by atomic mass is 10.2. The molecule has 1 saturated carbocycles. The number of nitrogens with one attached hydrogen (secondary N) is 2. The van der Waals surface area contributed by atoms with E-state index >= 15 is 0 Å². The topological polar surface area (TPSA) is 115 Å². The van der Waals surface area contributed by atoms with Crippen molar-refractivity contribution in [3.63, 3.8) is 0 Å². The van der Waals surface area contributed by atoms with Crippen molar-refractivity contribution in [2.75, 3.05) is 10.6 Å². The molecule has 12 heteroatoms. The van der Waals surface area contributed by atoms with Crippen molar-refractivity contribution < 1.29 is 18.7 Å². The normalized spacial score (nSPS) is 13.2. The number of anilines is 2. The molecule has 0 unspecified atom stereocenters. The van der Waals surface area contributed by atoms with Crippen molar-refractivity contribution in [3.05, 3.63) is 59.3 Å². The summed E-state index contributed by atoms with van der Waals surface area (Å²) in [7, 11) is 1.55. The second-order valence-corrected chi connectivity index (χ2v) is 7.93. The molecule has 1 fully saturated rings. The molecule has 1 aliphatic carbocycles. The molecule has 10 nitrogen and oxygen atoms in total. The highest BCUT2D eigenvalue weighted by Crippen LogP contribution is 2.30. The van der Waals surface area contributed by atoms with Crippen LogP contribution in [0, 0.1) is 11.7 Å². The number of ether oxygens (including phenoxy) is 1. The summed E-state index contributed by atoms with van der Waals surface area (Å²) in [5, 5.41) is 13.6. The lowest BCUT2D eigenvalue weighted by Crippen LogP contribution is -2.16. The van der Waals surface area contributed by atoms with Gasteiger partial charge < -0.3 is 15.4 Å². The number of nitrogens with zero attached hydrogens (tertiary/aromatic N) is 5. The fourth-order valence-corrected chi connectivity index (χ4v) is 3.39. The van der Waals surface area contributed by atoms with Crippen LogP contribution in [0.15, 0.2) is 42.6 Å². The van der Waals surface area contributed by atoms with E-state index in [2.05, 4.69) is 25.8 Å².